The van der Waals surface area contributed by atoms with Crippen LogP contribution < -0.4 is 11.5 Å². The van der Waals surface area contributed by atoms with Crippen molar-refractivity contribution in [1.82, 2.24) is 19.6 Å². The minimum Gasteiger partial charge on any atom is -0.493 e. The quantitative estimate of drug-likeness (QED) is 0.476. The van der Waals surface area contributed by atoms with Crippen molar-refractivity contribution in [2.75, 3.05) is 26.7 Å². The van der Waals surface area contributed by atoms with Crippen molar-refractivity contribution in [3.05, 3.63) is 59.4 Å². The SMILES string of the molecule is CCCCCN.CCN1C=C(C2CCCN2C)C=CC1n1ncc(-c2ccc(C#N)cc2CN)c1O. The van der Waals surface area contributed by atoms with E-state index in [0.29, 0.717) is 17.2 Å². The first-order chi connectivity index (χ1) is 17.5. The number of hydrogen-bond donors (Lipinski definition) is 3. The Bertz CT molecular complexity index is 1090. The Balaban J connectivity index is 0.000000538. The molecule has 1 aromatic carbocycles. The van der Waals surface area contributed by atoms with Crippen LogP contribution in [0.2, 0.25) is 0 Å². The number of nitrogens with two attached hydrogens (primary N) is 2. The van der Waals surface area contributed by atoms with Gasteiger partial charge in [-0.15, -0.1) is 0 Å². The van der Waals surface area contributed by atoms with Gasteiger partial charge < -0.3 is 21.5 Å². The number of unbranched alkanes of at least 4 members (excludes halogenated alkanes) is 2. The van der Waals surface area contributed by atoms with Gasteiger partial charge in [0.15, 0.2) is 0 Å². The van der Waals surface area contributed by atoms with Crippen LogP contribution in [-0.2, 0) is 6.54 Å². The first-order valence-corrected chi connectivity index (χ1v) is 13.0. The largest absolute Gasteiger partial charge is 0.493 e. The highest BCUT2D eigenvalue weighted by Gasteiger charge is 2.29. The molecule has 0 saturated carbocycles. The van der Waals surface area contributed by atoms with Crippen LogP contribution in [0.25, 0.3) is 11.1 Å². The van der Waals surface area contributed by atoms with E-state index in [4.69, 9.17) is 16.7 Å². The molecule has 2 unspecified atom stereocenters. The van der Waals surface area contributed by atoms with E-state index in [1.165, 1.54) is 37.7 Å². The fourth-order valence-electron chi connectivity index (χ4n) is 4.88. The summed E-state index contributed by atoms with van der Waals surface area (Å²) in [4.78, 5) is 4.59. The molecule has 8 heteroatoms. The molecule has 8 nitrogen and oxygen atoms in total. The highest BCUT2D eigenvalue weighted by Crippen LogP contribution is 2.36. The van der Waals surface area contributed by atoms with E-state index < -0.39 is 0 Å². The van der Waals surface area contributed by atoms with E-state index in [9.17, 15) is 5.11 Å². The summed E-state index contributed by atoms with van der Waals surface area (Å²) in [5.74, 6) is 0.0948. The van der Waals surface area contributed by atoms with Gasteiger partial charge in [0.05, 0.1) is 23.4 Å². The first-order valence-electron chi connectivity index (χ1n) is 13.0. The number of aromatic hydroxyl groups is 1. The number of benzene rings is 1. The standard InChI is InChI=1S/C23H28N6O.C5H13N/c1-3-28-15-17(21-5-4-10-27(21)2)7-9-22(28)29-23(30)20(14-26-29)19-8-6-16(12-24)11-18(19)13-25;1-2-3-4-5-6/h6-9,11,14-15,21-22,30H,3-5,10,13,25H2,1-2H3;2-6H2,1H3. The number of nitriles is 1. The fourth-order valence-corrected chi connectivity index (χ4v) is 4.88. The summed E-state index contributed by atoms with van der Waals surface area (Å²) < 4.78 is 1.64. The summed E-state index contributed by atoms with van der Waals surface area (Å²) in [6.45, 7) is 7.34. The molecule has 0 radical (unpaired) electrons. The second-order valence-electron chi connectivity index (χ2n) is 9.38. The van der Waals surface area contributed by atoms with Crippen molar-refractivity contribution >= 4 is 0 Å². The van der Waals surface area contributed by atoms with Gasteiger partial charge in [-0.1, -0.05) is 31.9 Å². The van der Waals surface area contributed by atoms with Gasteiger partial charge in [-0.05, 0) is 81.2 Å². The lowest BCUT2D eigenvalue weighted by molar-refractivity contribution is 0.218. The molecule has 1 fully saturated rings. The molecule has 2 aromatic rings. The minimum absolute atomic E-state index is 0.0948. The molecule has 1 aromatic heterocycles. The maximum atomic E-state index is 11.0. The predicted molar refractivity (Wildman–Crippen MR) is 145 cm³/mol. The van der Waals surface area contributed by atoms with Gasteiger partial charge in [0.2, 0.25) is 5.88 Å². The van der Waals surface area contributed by atoms with Crippen LogP contribution in [0.4, 0.5) is 0 Å². The third-order valence-corrected chi connectivity index (χ3v) is 6.96. The molecule has 194 valence electrons. The zero-order chi connectivity index (χ0) is 26.1. The Hall–Kier alpha value is -3.12. The van der Waals surface area contributed by atoms with E-state index in [2.05, 4.69) is 60.2 Å². The summed E-state index contributed by atoms with van der Waals surface area (Å²) in [5.41, 5.74) is 15.2. The Labute approximate surface area is 215 Å². The van der Waals surface area contributed by atoms with E-state index >= 15 is 0 Å². The van der Waals surface area contributed by atoms with Crippen molar-refractivity contribution in [1.29, 1.82) is 5.26 Å². The van der Waals surface area contributed by atoms with Gasteiger partial charge in [0.25, 0.3) is 0 Å². The van der Waals surface area contributed by atoms with E-state index in [1.54, 1.807) is 23.0 Å². The fraction of sp³-hybridized carbons (Fsp3) is 0.500. The average molecular weight is 492 g/mol. The van der Waals surface area contributed by atoms with Crippen LogP contribution in [-0.4, -0.2) is 57.4 Å². The molecule has 2 aliphatic heterocycles. The minimum atomic E-state index is -0.195. The lowest BCUT2D eigenvalue weighted by atomic mass is 9.99. The van der Waals surface area contributed by atoms with Crippen LogP contribution in [0.15, 0.2) is 48.3 Å². The Morgan fingerprint density at radius 2 is 2.00 bits per heavy atom. The molecule has 2 aliphatic rings. The van der Waals surface area contributed by atoms with Gasteiger partial charge in [-0.25, -0.2) is 4.68 Å². The highest BCUT2D eigenvalue weighted by molar-refractivity contribution is 5.72. The second kappa shape index (κ2) is 13.3. The van der Waals surface area contributed by atoms with Gasteiger partial charge in [-0.3, -0.25) is 4.90 Å². The lowest BCUT2D eigenvalue weighted by Gasteiger charge is -2.33. The van der Waals surface area contributed by atoms with Crippen LogP contribution >= 0.6 is 0 Å². The van der Waals surface area contributed by atoms with Crippen molar-refractivity contribution in [2.24, 2.45) is 11.5 Å². The van der Waals surface area contributed by atoms with Crippen LogP contribution in [0, 0.1) is 11.3 Å². The molecule has 0 bridgehead atoms. The molecule has 5 N–H and O–H groups in total. The maximum absolute atomic E-state index is 11.0. The van der Waals surface area contributed by atoms with Crippen molar-refractivity contribution in [2.45, 2.75) is 64.7 Å². The predicted octanol–water partition coefficient (Wildman–Crippen LogP) is 4.09. The molecule has 0 amide bonds. The Morgan fingerprint density at radius 1 is 1.19 bits per heavy atom. The average Bonchev–Trinajstić information content (AvgIpc) is 3.52. The van der Waals surface area contributed by atoms with Crippen LogP contribution in [0.5, 0.6) is 5.88 Å². The van der Waals surface area contributed by atoms with Crippen LogP contribution in [0.3, 0.4) is 0 Å². The molecule has 36 heavy (non-hydrogen) atoms. The molecule has 3 heterocycles. The van der Waals surface area contributed by atoms with Gasteiger partial charge >= 0.3 is 0 Å². The molecule has 1 saturated heterocycles. The summed E-state index contributed by atoms with van der Waals surface area (Å²) >= 11 is 0. The number of likely N-dealkylation sites (tertiary alicyclic amines) is 1. The van der Waals surface area contributed by atoms with Crippen molar-refractivity contribution < 1.29 is 5.11 Å². The van der Waals surface area contributed by atoms with Gasteiger partial charge in [0.1, 0.15) is 6.17 Å². The number of likely N-dealkylation sites (N-methyl/N-ethyl adjacent to an activating group) is 2. The number of aromatic nitrogens is 2. The summed E-state index contributed by atoms with van der Waals surface area (Å²) in [7, 11) is 2.17. The summed E-state index contributed by atoms with van der Waals surface area (Å²) in [6, 6.07) is 7.90. The lowest BCUT2D eigenvalue weighted by Crippen LogP contribution is -2.33. The summed E-state index contributed by atoms with van der Waals surface area (Å²) in [6.07, 6.45) is 14.1. The Kier molecular flexibility index (Phi) is 10.1. The highest BCUT2D eigenvalue weighted by atomic mass is 16.3. The molecule has 0 spiro atoms. The van der Waals surface area contributed by atoms with E-state index in [0.717, 1.165) is 30.8 Å². The van der Waals surface area contributed by atoms with Gasteiger partial charge in [-0.2, -0.15) is 10.4 Å². The number of hydrogen-bond acceptors (Lipinski definition) is 7. The maximum Gasteiger partial charge on any atom is 0.219 e. The molecular weight excluding hydrogens is 450 g/mol. The normalized spacial score (nSPS) is 19.6. The third-order valence-electron chi connectivity index (χ3n) is 6.96. The zero-order valence-corrected chi connectivity index (χ0v) is 21.9. The smallest absolute Gasteiger partial charge is 0.219 e. The van der Waals surface area contributed by atoms with Gasteiger partial charge in [0, 0.05) is 25.3 Å². The first kappa shape index (κ1) is 27.5. The number of rotatable bonds is 8. The molecule has 2 atom stereocenters. The van der Waals surface area contributed by atoms with E-state index in [-0.39, 0.29) is 18.6 Å². The zero-order valence-electron chi connectivity index (χ0n) is 21.9. The number of nitrogens with zero attached hydrogens (tertiary/aromatic N) is 5. The summed E-state index contributed by atoms with van der Waals surface area (Å²) in [5, 5.41) is 24.7. The van der Waals surface area contributed by atoms with Crippen LogP contribution in [0.1, 0.15) is 63.2 Å². The third kappa shape index (κ3) is 6.16. The second-order valence-corrected chi connectivity index (χ2v) is 9.38. The monoisotopic (exact) mass is 491 g/mol. The van der Waals surface area contributed by atoms with E-state index in [1.807, 2.05) is 6.07 Å². The topological polar surface area (TPSA) is 120 Å². The molecule has 0 aliphatic carbocycles. The molecule has 4 rings (SSSR count). The van der Waals surface area contributed by atoms with Crippen molar-refractivity contribution in [3.63, 3.8) is 0 Å². The Morgan fingerprint density at radius 3 is 2.58 bits per heavy atom. The van der Waals surface area contributed by atoms with Crippen molar-refractivity contribution in [3.8, 4) is 23.1 Å². The molecular formula is C28H41N7O.